The Labute approximate surface area is 93.3 Å². The van der Waals surface area contributed by atoms with E-state index in [1.54, 1.807) is 0 Å². The van der Waals surface area contributed by atoms with Crippen molar-refractivity contribution in [1.82, 2.24) is 0 Å². The number of allylic oxidation sites excluding steroid dienone is 3. The largest absolute Gasteiger partial charge is 0.303 e. The summed E-state index contributed by atoms with van der Waals surface area (Å²) in [6.07, 6.45) is 8.38. The van der Waals surface area contributed by atoms with Crippen molar-refractivity contribution < 1.29 is 4.79 Å². The van der Waals surface area contributed by atoms with Gasteiger partial charge < -0.3 is 4.79 Å². The van der Waals surface area contributed by atoms with Gasteiger partial charge in [0.2, 0.25) is 0 Å². The highest BCUT2D eigenvalue weighted by Gasteiger charge is 2.18. The third-order valence-electron chi connectivity index (χ3n) is 2.90. The van der Waals surface area contributed by atoms with Crippen molar-refractivity contribution in [1.29, 1.82) is 0 Å². The van der Waals surface area contributed by atoms with E-state index in [0.717, 1.165) is 31.0 Å². The van der Waals surface area contributed by atoms with E-state index in [9.17, 15) is 4.79 Å². The van der Waals surface area contributed by atoms with Gasteiger partial charge in [-0.05, 0) is 37.5 Å². The Hall–Kier alpha value is -0.850. The minimum atomic E-state index is 0.660. The van der Waals surface area contributed by atoms with Crippen LogP contribution in [0.4, 0.5) is 0 Å². The maximum Gasteiger partial charge on any atom is 0.120 e. The van der Waals surface area contributed by atoms with Crippen molar-refractivity contribution in [3.8, 4) is 0 Å². The summed E-state index contributed by atoms with van der Waals surface area (Å²) in [5.74, 6) is 1.51. The molecule has 0 saturated heterocycles. The lowest BCUT2D eigenvalue weighted by molar-refractivity contribution is -0.107. The van der Waals surface area contributed by atoms with Crippen molar-refractivity contribution in [2.24, 2.45) is 11.8 Å². The summed E-state index contributed by atoms with van der Waals surface area (Å²) in [6, 6.07) is 0. The van der Waals surface area contributed by atoms with Crippen LogP contribution in [0.15, 0.2) is 23.8 Å². The fraction of sp³-hybridized carbons (Fsp3) is 0.643. The highest BCUT2D eigenvalue weighted by molar-refractivity contribution is 5.50. The van der Waals surface area contributed by atoms with E-state index in [4.69, 9.17) is 0 Å². The molecule has 1 nitrogen and oxygen atoms in total. The van der Waals surface area contributed by atoms with E-state index in [1.807, 2.05) is 0 Å². The Bertz CT molecular complexity index is 261. The first kappa shape index (κ1) is 12.2. The standard InChI is InChI=1S/C14H22O/c1-11(2)7-14-9-12(3)8-13(10-14)5-4-6-15/h6,8,11,14H,3-5,7,9-10H2,1-2H3. The van der Waals surface area contributed by atoms with Crippen molar-refractivity contribution in [2.75, 3.05) is 0 Å². The molecular weight excluding hydrogens is 184 g/mol. The molecule has 0 aromatic carbocycles. The SMILES string of the molecule is C=C1C=C(CCC=O)CC(CC(C)C)C1. The minimum absolute atomic E-state index is 0.660. The molecule has 0 fully saturated rings. The number of hydrogen-bond acceptors (Lipinski definition) is 1. The third-order valence-corrected chi connectivity index (χ3v) is 2.90. The normalized spacial score (nSPS) is 21.7. The molecule has 0 aromatic rings. The zero-order chi connectivity index (χ0) is 11.3. The van der Waals surface area contributed by atoms with Crippen LogP contribution < -0.4 is 0 Å². The first-order valence-corrected chi connectivity index (χ1v) is 5.92. The van der Waals surface area contributed by atoms with Gasteiger partial charge in [-0.25, -0.2) is 0 Å². The molecular formula is C14H22O. The van der Waals surface area contributed by atoms with Gasteiger partial charge in [0.25, 0.3) is 0 Å². The summed E-state index contributed by atoms with van der Waals surface area (Å²) in [5.41, 5.74) is 2.66. The molecule has 0 radical (unpaired) electrons. The molecule has 15 heavy (non-hydrogen) atoms. The lowest BCUT2D eigenvalue weighted by atomic mass is 9.80. The Morgan fingerprint density at radius 1 is 1.53 bits per heavy atom. The van der Waals surface area contributed by atoms with E-state index < -0.39 is 0 Å². The van der Waals surface area contributed by atoms with Gasteiger partial charge in [0.05, 0.1) is 0 Å². The van der Waals surface area contributed by atoms with Gasteiger partial charge in [-0.15, -0.1) is 0 Å². The van der Waals surface area contributed by atoms with Crippen LogP contribution in [-0.4, -0.2) is 6.29 Å². The molecule has 0 saturated carbocycles. The van der Waals surface area contributed by atoms with Crippen LogP contribution in [0.5, 0.6) is 0 Å². The Kier molecular flexibility index (Phi) is 4.80. The fourth-order valence-electron chi connectivity index (χ4n) is 2.47. The maximum absolute atomic E-state index is 10.3. The van der Waals surface area contributed by atoms with E-state index in [1.165, 1.54) is 24.0 Å². The fourth-order valence-corrected chi connectivity index (χ4v) is 2.47. The van der Waals surface area contributed by atoms with Crippen molar-refractivity contribution in [2.45, 2.75) is 46.0 Å². The smallest absolute Gasteiger partial charge is 0.120 e. The molecule has 0 spiro atoms. The van der Waals surface area contributed by atoms with Gasteiger partial charge in [-0.1, -0.05) is 37.6 Å². The van der Waals surface area contributed by atoms with E-state index in [2.05, 4.69) is 26.5 Å². The zero-order valence-corrected chi connectivity index (χ0v) is 9.96. The topological polar surface area (TPSA) is 17.1 Å². The lowest BCUT2D eigenvalue weighted by Gasteiger charge is -2.25. The second-order valence-electron chi connectivity index (χ2n) is 5.07. The van der Waals surface area contributed by atoms with Gasteiger partial charge in [0.15, 0.2) is 0 Å². The highest BCUT2D eigenvalue weighted by Crippen LogP contribution is 2.33. The third kappa shape index (κ3) is 4.46. The summed E-state index contributed by atoms with van der Waals surface area (Å²) in [4.78, 5) is 10.3. The predicted octanol–water partition coefficient (Wildman–Crippen LogP) is 3.90. The molecule has 1 heteroatoms. The van der Waals surface area contributed by atoms with Crippen molar-refractivity contribution in [3.63, 3.8) is 0 Å². The zero-order valence-electron chi connectivity index (χ0n) is 9.96. The molecule has 1 aliphatic rings. The first-order valence-electron chi connectivity index (χ1n) is 5.92. The number of aldehydes is 1. The van der Waals surface area contributed by atoms with Gasteiger partial charge in [-0.2, -0.15) is 0 Å². The van der Waals surface area contributed by atoms with Gasteiger partial charge in [0, 0.05) is 6.42 Å². The van der Waals surface area contributed by atoms with Gasteiger partial charge in [0.1, 0.15) is 6.29 Å². The first-order chi connectivity index (χ1) is 7.11. The van der Waals surface area contributed by atoms with E-state index in [-0.39, 0.29) is 0 Å². The van der Waals surface area contributed by atoms with Crippen molar-refractivity contribution in [3.05, 3.63) is 23.8 Å². The minimum Gasteiger partial charge on any atom is -0.303 e. The second kappa shape index (κ2) is 5.89. The van der Waals surface area contributed by atoms with E-state index in [0.29, 0.717) is 6.42 Å². The number of carbonyl (C=O) groups excluding carboxylic acids is 1. The molecule has 84 valence electrons. The number of rotatable bonds is 5. The van der Waals surface area contributed by atoms with Crippen LogP contribution >= 0.6 is 0 Å². The molecule has 0 aliphatic heterocycles. The maximum atomic E-state index is 10.3. The van der Waals surface area contributed by atoms with Crippen LogP contribution in [-0.2, 0) is 4.79 Å². The summed E-state index contributed by atoms with van der Waals surface area (Å²) >= 11 is 0. The second-order valence-corrected chi connectivity index (χ2v) is 5.07. The highest BCUT2D eigenvalue weighted by atomic mass is 16.1. The average Bonchev–Trinajstić information content (AvgIpc) is 2.12. The van der Waals surface area contributed by atoms with Crippen LogP contribution in [0.2, 0.25) is 0 Å². The monoisotopic (exact) mass is 206 g/mol. The molecule has 0 heterocycles. The average molecular weight is 206 g/mol. The van der Waals surface area contributed by atoms with Crippen LogP contribution in [0, 0.1) is 11.8 Å². The molecule has 0 N–H and O–H groups in total. The predicted molar refractivity (Wildman–Crippen MR) is 64.7 cm³/mol. The Morgan fingerprint density at radius 2 is 2.27 bits per heavy atom. The number of carbonyl (C=O) groups is 1. The Morgan fingerprint density at radius 3 is 2.87 bits per heavy atom. The van der Waals surface area contributed by atoms with Crippen LogP contribution in [0.3, 0.4) is 0 Å². The molecule has 1 unspecified atom stereocenters. The summed E-state index contributed by atoms with van der Waals surface area (Å²) in [5, 5.41) is 0. The van der Waals surface area contributed by atoms with Crippen LogP contribution in [0.25, 0.3) is 0 Å². The lowest BCUT2D eigenvalue weighted by Crippen LogP contribution is -2.11. The quantitative estimate of drug-likeness (QED) is 0.623. The Balaban J connectivity index is 2.51. The van der Waals surface area contributed by atoms with E-state index >= 15 is 0 Å². The molecule has 1 atom stereocenters. The molecule has 0 aromatic heterocycles. The van der Waals surface area contributed by atoms with Crippen molar-refractivity contribution >= 4 is 6.29 Å². The molecule has 1 aliphatic carbocycles. The molecule has 0 bridgehead atoms. The summed E-state index contributed by atoms with van der Waals surface area (Å²) in [7, 11) is 0. The molecule has 1 rings (SSSR count). The van der Waals surface area contributed by atoms with Gasteiger partial charge >= 0.3 is 0 Å². The van der Waals surface area contributed by atoms with Gasteiger partial charge in [-0.3, -0.25) is 0 Å². The summed E-state index contributed by atoms with van der Waals surface area (Å²) in [6.45, 7) is 8.61. The summed E-state index contributed by atoms with van der Waals surface area (Å²) < 4.78 is 0. The molecule has 0 amide bonds. The van der Waals surface area contributed by atoms with Crippen LogP contribution in [0.1, 0.15) is 46.0 Å². The number of hydrogen-bond donors (Lipinski definition) is 0.